The van der Waals surface area contributed by atoms with Gasteiger partial charge in [0.1, 0.15) is 0 Å². The second-order valence-corrected chi connectivity index (χ2v) is 5.60. The molecule has 1 heterocycles. The van der Waals surface area contributed by atoms with Crippen molar-refractivity contribution in [3.05, 3.63) is 22.4 Å². The van der Waals surface area contributed by atoms with E-state index in [4.69, 9.17) is 0 Å². The molecule has 0 radical (unpaired) electrons. The molecule has 80 valence electrons. The Morgan fingerprint density at radius 1 is 1.36 bits per heavy atom. The van der Waals surface area contributed by atoms with Gasteiger partial charge < -0.3 is 0 Å². The Labute approximate surface area is 92.4 Å². The third-order valence-electron chi connectivity index (χ3n) is 2.57. The van der Waals surface area contributed by atoms with Gasteiger partial charge in [0.05, 0.1) is 0 Å². The molecule has 1 aromatic rings. The minimum atomic E-state index is 0.839. The molecule has 0 spiro atoms. The quantitative estimate of drug-likeness (QED) is 0.635. The lowest BCUT2D eigenvalue weighted by atomic mass is 9.90. The molecule has 0 aliphatic rings. The van der Waals surface area contributed by atoms with Gasteiger partial charge in [-0.3, -0.25) is 0 Å². The molecular weight excluding hydrogens is 188 g/mol. The highest BCUT2D eigenvalue weighted by molar-refractivity contribution is 7.09. The molecule has 1 heteroatoms. The Balaban J connectivity index is 2.42. The summed E-state index contributed by atoms with van der Waals surface area (Å²) in [6, 6.07) is 4.44. The third kappa shape index (κ3) is 4.28. The first-order chi connectivity index (χ1) is 6.72. The van der Waals surface area contributed by atoms with E-state index < -0.39 is 0 Å². The van der Waals surface area contributed by atoms with Crippen molar-refractivity contribution in [2.75, 3.05) is 0 Å². The van der Waals surface area contributed by atoms with Gasteiger partial charge in [0, 0.05) is 4.88 Å². The lowest BCUT2D eigenvalue weighted by Gasteiger charge is -2.17. The lowest BCUT2D eigenvalue weighted by molar-refractivity contribution is 0.382. The van der Waals surface area contributed by atoms with E-state index in [0.29, 0.717) is 0 Å². The van der Waals surface area contributed by atoms with E-state index in [0.717, 1.165) is 11.8 Å². The average Bonchev–Trinajstić information content (AvgIpc) is 2.56. The molecule has 14 heavy (non-hydrogen) atoms. The Kier molecular flexibility index (Phi) is 5.24. The zero-order valence-electron chi connectivity index (χ0n) is 9.62. The SMILES string of the molecule is CCCC(Cc1cccs1)CC(C)C. The van der Waals surface area contributed by atoms with Crippen LogP contribution >= 0.6 is 11.3 Å². The first-order valence-electron chi connectivity index (χ1n) is 5.74. The van der Waals surface area contributed by atoms with Crippen molar-refractivity contribution in [1.29, 1.82) is 0 Å². The van der Waals surface area contributed by atoms with Crippen LogP contribution in [0.1, 0.15) is 44.9 Å². The number of hydrogen-bond donors (Lipinski definition) is 0. The summed E-state index contributed by atoms with van der Waals surface area (Å²) in [4.78, 5) is 1.56. The monoisotopic (exact) mass is 210 g/mol. The topological polar surface area (TPSA) is 0 Å². The summed E-state index contributed by atoms with van der Waals surface area (Å²) in [7, 11) is 0. The van der Waals surface area contributed by atoms with Gasteiger partial charge in [-0.25, -0.2) is 0 Å². The van der Waals surface area contributed by atoms with E-state index in [9.17, 15) is 0 Å². The van der Waals surface area contributed by atoms with Crippen molar-refractivity contribution in [2.24, 2.45) is 11.8 Å². The highest BCUT2D eigenvalue weighted by Crippen LogP contribution is 2.23. The van der Waals surface area contributed by atoms with Crippen LogP contribution in [0.15, 0.2) is 17.5 Å². The van der Waals surface area contributed by atoms with E-state index >= 15 is 0 Å². The summed E-state index contributed by atoms with van der Waals surface area (Å²) in [6.45, 7) is 6.95. The van der Waals surface area contributed by atoms with Crippen LogP contribution in [0.3, 0.4) is 0 Å². The predicted octanol–water partition coefficient (Wildman–Crippen LogP) is 4.75. The molecule has 0 aliphatic carbocycles. The molecule has 0 aliphatic heterocycles. The number of rotatable bonds is 6. The van der Waals surface area contributed by atoms with Crippen molar-refractivity contribution >= 4 is 11.3 Å². The zero-order chi connectivity index (χ0) is 10.4. The van der Waals surface area contributed by atoms with Crippen LogP contribution in [0.5, 0.6) is 0 Å². The lowest BCUT2D eigenvalue weighted by Crippen LogP contribution is -2.07. The molecular formula is C13H22S. The van der Waals surface area contributed by atoms with Crippen LogP contribution in [0.4, 0.5) is 0 Å². The van der Waals surface area contributed by atoms with Gasteiger partial charge in [-0.1, -0.05) is 39.7 Å². The first-order valence-corrected chi connectivity index (χ1v) is 6.62. The van der Waals surface area contributed by atoms with Gasteiger partial charge in [0.2, 0.25) is 0 Å². The predicted molar refractivity (Wildman–Crippen MR) is 65.9 cm³/mol. The normalized spacial score (nSPS) is 13.4. The minimum absolute atomic E-state index is 0.839. The largest absolute Gasteiger partial charge is 0.149 e. The van der Waals surface area contributed by atoms with Crippen molar-refractivity contribution in [1.82, 2.24) is 0 Å². The minimum Gasteiger partial charge on any atom is -0.149 e. The van der Waals surface area contributed by atoms with Crippen LogP contribution in [0.2, 0.25) is 0 Å². The van der Waals surface area contributed by atoms with Gasteiger partial charge in [0.25, 0.3) is 0 Å². The average molecular weight is 210 g/mol. The van der Waals surface area contributed by atoms with E-state index in [-0.39, 0.29) is 0 Å². The van der Waals surface area contributed by atoms with Crippen LogP contribution in [0.25, 0.3) is 0 Å². The van der Waals surface area contributed by atoms with Crippen molar-refractivity contribution in [2.45, 2.75) is 46.5 Å². The van der Waals surface area contributed by atoms with E-state index in [1.807, 2.05) is 11.3 Å². The molecule has 1 unspecified atom stereocenters. The Morgan fingerprint density at radius 3 is 2.64 bits per heavy atom. The summed E-state index contributed by atoms with van der Waals surface area (Å²) in [5.74, 6) is 1.74. The fraction of sp³-hybridized carbons (Fsp3) is 0.692. The fourth-order valence-corrected chi connectivity index (χ4v) is 2.91. The van der Waals surface area contributed by atoms with E-state index in [1.54, 1.807) is 4.88 Å². The van der Waals surface area contributed by atoms with Gasteiger partial charge in [0.15, 0.2) is 0 Å². The van der Waals surface area contributed by atoms with Gasteiger partial charge in [-0.15, -0.1) is 11.3 Å². The van der Waals surface area contributed by atoms with Crippen LogP contribution < -0.4 is 0 Å². The Hall–Kier alpha value is -0.300. The summed E-state index contributed by atoms with van der Waals surface area (Å²) in [6.07, 6.45) is 5.38. The molecule has 0 saturated carbocycles. The molecule has 0 N–H and O–H groups in total. The Morgan fingerprint density at radius 2 is 2.14 bits per heavy atom. The van der Waals surface area contributed by atoms with Crippen molar-refractivity contribution < 1.29 is 0 Å². The molecule has 0 amide bonds. The van der Waals surface area contributed by atoms with Crippen LogP contribution in [0, 0.1) is 11.8 Å². The first kappa shape index (κ1) is 11.8. The maximum Gasteiger partial charge on any atom is 0.00479 e. The molecule has 0 nitrogen and oxygen atoms in total. The fourth-order valence-electron chi connectivity index (χ4n) is 2.09. The van der Waals surface area contributed by atoms with E-state index in [1.165, 1.54) is 25.7 Å². The standard InChI is InChI=1S/C13H22S/c1-4-6-12(9-11(2)3)10-13-7-5-8-14-13/h5,7-8,11-12H,4,6,9-10H2,1-3H3. The van der Waals surface area contributed by atoms with Gasteiger partial charge in [-0.2, -0.15) is 0 Å². The smallest absolute Gasteiger partial charge is 0.00479 e. The summed E-state index contributed by atoms with van der Waals surface area (Å²) in [5.41, 5.74) is 0. The number of thiophene rings is 1. The van der Waals surface area contributed by atoms with E-state index in [2.05, 4.69) is 38.3 Å². The van der Waals surface area contributed by atoms with Crippen molar-refractivity contribution in [3.8, 4) is 0 Å². The molecule has 0 aromatic carbocycles. The maximum atomic E-state index is 2.33. The second kappa shape index (κ2) is 6.23. The summed E-state index contributed by atoms with van der Waals surface area (Å²) in [5, 5.41) is 2.19. The zero-order valence-corrected chi connectivity index (χ0v) is 10.4. The van der Waals surface area contributed by atoms with Gasteiger partial charge in [-0.05, 0) is 36.1 Å². The molecule has 1 atom stereocenters. The van der Waals surface area contributed by atoms with Crippen molar-refractivity contribution in [3.63, 3.8) is 0 Å². The summed E-state index contributed by atoms with van der Waals surface area (Å²) >= 11 is 1.90. The molecule has 0 fully saturated rings. The number of hydrogen-bond acceptors (Lipinski definition) is 1. The summed E-state index contributed by atoms with van der Waals surface area (Å²) < 4.78 is 0. The highest BCUT2D eigenvalue weighted by atomic mass is 32.1. The second-order valence-electron chi connectivity index (χ2n) is 4.57. The molecule has 1 rings (SSSR count). The molecule has 0 saturated heterocycles. The maximum absolute atomic E-state index is 2.33. The van der Waals surface area contributed by atoms with Crippen LogP contribution in [-0.4, -0.2) is 0 Å². The van der Waals surface area contributed by atoms with Crippen LogP contribution in [-0.2, 0) is 6.42 Å². The van der Waals surface area contributed by atoms with Gasteiger partial charge >= 0.3 is 0 Å². The Bertz CT molecular complexity index is 223. The molecule has 1 aromatic heterocycles. The molecule has 0 bridgehead atoms. The highest BCUT2D eigenvalue weighted by Gasteiger charge is 2.11. The third-order valence-corrected chi connectivity index (χ3v) is 3.47.